The topological polar surface area (TPSA) is 32.3 Å². The number of rotatable bonds is 1. The number of piperazine rings is 1. The third-order valence-corrected chi connectivity index (χ3v) is 2.40. The summed E-state index contributed by atoms with van der Waals surface area (Å²) in [7, 11) is 0. The molecular formula is C9H15F3N2O. The van der Waals surface area contributed by atoms with E-state index in [9.17, 15) is 18.0 Å². The first kappa shape index (κ1) is 12.3. The lowest BCUT2D eigenvalue weighted by molar-refractivity contribution is -0.193. The average Bonchev–Trinajstić information content (AvgIpc) is 2.15. The van der Waals surface area contributed by atoms with Crippen LogP contribution in [0.15, 0.2) is 0 Å². The number of hydrogen-bond acceptors (Lipinski definition) is 2. The summed E-state index contributed by atoms with van der Waals surface area (Å²) >= 11 is 0. The fraction of sp³-hybridized carbons (Fsp3) is 0.889. The molecule has 0 radical (unpaired) electrons. The molecule has 1 saturated heterocycles. The van der Waals surface area contributed by atoms with Gasteiger partial charge in [-0.25, -0.2) is 0 Å². The lowest BCUT2D eigenvalue weighted by Crippen LogP contribution is -2.60. The predicted molar refractivity (Wildman–Crippen MR) is 49.3 cm³/mol. The largest absolute Gasteiger partial charge is 0.410 e. The maximum atomic E-state index is 12.6. The van der Waals surface area contributed by atoms with Gasteiger partial charge in [0.25, 0.3) is 0 Å². The molecule has 1 heterocycles. The van der Waals surface area contributed by atoms with Crippen LogP contribution in [0, 0.1) is 5.92 Å². The van der Waals surface area contributed by atoms with Crippen LogP contribution in [-0.2, 0) is 4.79 Å². The van der Waals surface area contributed by atoms with E-state index in [0.717, 1.165) is 4.90 Å². The SMILES string of the molecule is CC(C)C(=O)N1CCNCC1C(F)(F)F. The van der Waals surface area contributed by atoms with E-state index < -0.39 is 24.0 Å². The maximum absolute atomic E-state index is 12.6. The highest BCUT2D eigenvalue weighted by Gasteiger charge is 2.46. The molecule has 1 atom stereocenters. The molecule has 0 aliphatic carbocycles. The molecule has 0 saturated carbocycles. The Morgan fingerprint density at radius 2 is 2.07 bits per heavy atom. The highest BCUT2D eigenvalue weighted by Crippen LogP contribution is 2.26. The molecule has 1 aliphatic rings. The molecular weight excluding hydrogens is 209 g/mol. The Labute approximate surface area is 86.6 Å². The first-order valence-corrected chi connectivity index (χ1v) is 4.92. The summed E-state index contributed by atoms with van der Waals surface area (Å²) in [6.07, 6.45) is -4.35. The van der Waals surface area contributed by atoms with Gasteiger partial charge in [-0.15, -0.1) is 0 Å². The van der Waals surface area contributed by atoms with Crippen molar-refractivity contribution in [2.45, 2.75) is 26.1 Å². The van der Waals surface area contributed by atoms with E-state index in [1.807, 2.05) is 0 Å². The standard InChI is InChI=1S/C9H15F3N2O/c1-6(2)8(15)14-4-3-13-5-7(14)9(10,11)12/h6-7,13H,3-5H2,1-2H3. The van der Waals surface area contributed by atoms with Crippen molar-refractivity contribution in [1.29, 1.82) is 0 Å². The van der Waals surface area contributed by atoms with Crippen molar-refractivity contribution in [3.8, 4) is 0 Å². The number of carbonyl (C=O) groups excluding carboxylic acids is 1. The molecule has 1 amide bonds. The van der Waals surface area contributed by atoms with Gasteiger partial charge in [0.1, 0.15) is 6.04 Å². The summed E-state index contributed by atoms with van der Waals surface area (Å²) < 4.78 is 37.7. The molecule has 0 bridgehead atoms. The number of amides is 1. The minimum absolute atomic E-state index is 0.126. The van der Waals surface area contributed by atoms with Gasteiger partial charge in [-0.05, 0) is 0 Å². The normalized spacial score (nSPS) is 23.3. The average molecular weight is 224 g/mol. The Morgan fingerprint density at radius 1 is 1.47 bits per heavy atom. The van der Waals surface area contributed by atoms with E-state index in [-0.39, 0.29) is 13.1 Å². The summed E-state index contributed by atoms with van der Waals surface area (Å²) in [5.74, 6) is -0.827. The minimum atomic E-state index is -4.35. The van der Waals surface area contributed by atoms with Gasteiger partial charge in [0, 0.05) is 25.6 Å². The Morgan fingerprint density at radius 3 is 2.53 bits per heavy atom. The molecule has 3 nitrogen and oxygen atoms in total. The monoisotopic (exact) mass is 224 g/mol. The van der Waals surface area contributed by atoms with Crippen LogP contribution in [0.1, 0.15) is 13.8 Å². The first-order valence-electron chi connectivity index (χ1n) is 4.92. The zero-order valence-corrected chi connectivity index (χ0v) is 8.77. The van der Waals surface area contributed by atoms with Crippen molar-refractivity contribution in [3.63, 3.8) is 0 Å². The van der Waals surface area contributed by atoms with E-state index in [1.54, 1.807) is 13.8 Å². The van der Waals surface area contributed by atoms with E-state index in [4.69, 9.17) is 0 Å². The fourth-order valence-electron chi connectivity index (χ4n) is 1.59. The van der Waals surface area contributed by atoms with Crippen molar-refractivity contribution in [3.05, 3.63) is 0 Å². The smallest absolute Gasteiger partial charge is 0.328 e. The van der Waals surface area contributed by atoms with Crippen LogP contribution in [-0.4, -0.2) is 42.7 Å². The van der Waals surface area contributed by atoms with Crippen LogP contribution in [0.5, 0.6) is 0 Å². The van der Waals surface area contributed by atoms with Crippen LogP contribution in [0.4, 0.5) is 13.2 Å². The van der Waals surface area contributed by atoms with Crippen LogP contribution in [0.25, 0.3) is 0 Å². The van der Waals surface area contributed by atoms with Gasteiger partial charge in [-0.3, -0.25) is 4.79 Å². The summed E-state index contributed by atoms with van der Waals surface area (Å²) in [4.78, 5) is 12.5. The molecule has 0 aromatic rings. The molecule has 1 aliphatic heterocycles. The first-order chi connectivity index (χ1) is 6.84. The third kappa shape index (κ3) is 2.84. The Hall–Kier alpha value is -0.780. The zero-order valence-electron chi connectivity index (χ0n) is 8.77. The van der Waals surface area contributed by atoms with Crippen LogP contribution >= 0.6 is 0 Å². The minimum Gasteiger partial charge on any atom is -0.328 e. The summed E-state index contributed by atoms with van der Waals surface area (Å²) in [6.45, 7) is 3.56. The number of hydrogen-bond donors (Lipinski definition) is 1. The molecule has 1 unspecified atom stereocenters. The maximum Gasteiger partial charge on any atom is 0.410 e. The molecule has 1 N–H and O–H groups in total. The van der Waals surface area contributed by atoms with Gasteiger partial charge < -0.3 is 10.2 Å². The fourth-order valence-corrected chi connectivity index (χ4v) is 1.59. The Balaban J connectivity index is 2.79. The Bertz CT molecular complexity index is 240. The van der Waals surface area contributed by atoms with E-state index >= 15 is 0 Å². The molecule has 1 rings (SSSR count). The van der Waals surface area contributed by atoms with E-state index in [2.05, 4.69) is 5.32 Å². The van der Waals surface area contributed by atoms with Crippen molar-refractivity contribution in [1.82, 2.24) is 10.2 Å². The molecule has 0 aromatic heterocycles. The van der Waals surface area contributed by atoms with Gasteiger partial charge in [0.05, 0.1) is 0 Å². The number of nitrogens with one attached hydrogen (secondary N) is 1. The van der Waals surface area contributed by atoms with Gasteiger partial charge >= 0.3 is 6.18 Å². The second kappa shape index (κ2) is 4.38. The molecule has 15 heavy (non-hydrogen) atoms. The summed E-state index contributed by atoms with van der Waals surface area (Å²) in [6, 6.07) is -1.68. The molecule has 0 spiro atoms. The lowest BCUT2D eigenvalue weighted by Gasteiger charge is -2.38. The molecule has 1 fully saturated rings. The van der Waals surface area contributed by atoms with Crippen molar-refractivity contribution in [2.24, 2.45) is 5.92 Å². The number of halogens is 3. The summed E-state index contributed by atoms with van der Waals surface area (Å²) in [5.41, 5.74) is 0. The van der Waals surface area contributed by atoms with Crippen LogP contribution < -0.4 is 5.32 Å². The van der Waals surface area contributed by atoms with Crippen molar-refractivity contribution in [2.75, 3.05) is 19.6 Å². The van der Waals surface area contributed by atoms with Gasteiger partial charge in [0.2, 0.25) is 5.91 Å². The predicted octanol–water partition coefficient (Wildman–Crippen LogP) is 1.01. The number of nitrogens with zero attached hydrogens (tertiary/aromatic N) is 1. The molecule has 6 heteroatoms. The summed E-state index contributed by atoms with van der Waals surface area (Å²) in [5, 5.41) is 2.65. The van der Waals surface area contributed by atoms with Crippen molar-refractivity contribution >= 4 is 5.91 Å². The Kier molecular flexibility index (Phi) is 3.59. The van der Waals surface area contributed by atoms with Crippen LogP contribution in [0.2, 0.25) is 0 Å². The second-order valence-electron chi connectivity index (χ2n) is 3.95. The molecule has 0 aromatic carbocycles. The zero-order chi connectivity index (χ0) is 11.6. The highest BCUT2D eigenvalue weighted by molar-refractivity contribution is 5.78. The van der Waals surface area contributed by atoms with E-state index in [1.165, 1.54) is 0 Å². The number of carbonyl (C=O) groups is 1. The van der Waals surface area contributed by atoms with Gasteiger partial charge in [-0.1, -0.05) is 13.8 Å². The number of alkyl halides is 3. The van der Waals surface area contributed by atoms with Gasteiger partial charge in [0.15, 0.2) is 0 Å². The van der Waals surface area contributed by atoms with Crippen molar-refractivity contribution < 1.29 is 18.0 Å². The second-order valence-corrected chi connectivity index (χ2v) is 3.95. The van der Waals surface area contributed by atoms with Gasteiger partial charge in [-0.2, -0.15) is 13.2 Å². The van der Waals surface area contributed by atoms with E-state index in [0.29, 0.717) is 6.54 Å². The molecule has 88 valence electrons. The van der Waals surface area contributed by atoms with Crippen LogP contribution in [0.3, 0.4) is 0 Å². The highest BCUT2D eigenvalue weighted by atomic mass is 19.4. The third-order valence-electron chi connectivity index (χ3n) is 2.40. The lowest BCUT2D eigenvalue weighted by atomic mass is 10.1. The quantitative estimate of drug-likeness (QED) is 0.720.